The molecule has 0 saturated heterocycles. The fourth-order valence-electron chi connectivity index (χ4n) is 3.94. The van der Waals surface area contributed by atoms with Gasteiger partial charge in [-0.3, -0.25) is 4.79 Å². The molecule has 0 bridgehead atoms. The molecule has 0 aliphatic carbocycles. The molecule has 1 aliphatic rings. The zero-order chi connectivity index (χ0) is 21.5. The van der Waals surface area contributed by atoms with E-state index in [2.05, 4.69) is 5.32 Å². The molecule has 2 aromatic rings. The molecule has 0 fully saturated rings. The molecule has 0 aromatic heterocycles. The predicted octanol–water partition coefficient (Wildman–Crippen LogP) is 5.66. The quantitative estimate of drug-likeness (QED) is 0.716. The number of anilines is 2. The number of nitrogens with one attached hydrogen (secondary N) is 1. The van der Waals surface area contributed by atoms with Gasteiger partial charge in [0, 0.05) is 42.4 Å². The van der Waals surface area contributed by atoms with Crippen molar-refractivity contribution in [2.24, 2.45) is 5.41 Å². The van der Waals surface area contributed by atoms with Crippen molar-refractivity contribution in [3.63, 3.8) is 0 Å². The number of hydrogen-bond donors (Lipinski definition) is 1. The summed E-state index contributed by atoms with van der Waals surface area (Å²) < 4.78 is 42.6. The number of halogens is 3. The standard InChI is InChI=1S/C23H27F3N2O/c1-13-16-8-9-28(19-7-6-15(24)10-18(19)25)12-17(16)21(26)14(2)22(13)27-20(29)11-23(3,4)5/h6-7,10H,8-9,11-12H2,1-5H3,(H,27,29). The van der Waals surface area contributed by atoms with Crippen LogP contribution in [0.3, 0.4) is 0 Å². The van der Waals surface area contributed by atoms with E-state index in [0.717, 1.165) is 17.2 Å². The minimum absolute atomic E-state index is 0.145. The van der Waals surface area contributed by atoms with Crippen LogP contribution in [-0.2, 0) is 17.8 Å². The zero-order valence-electron chi connectivity index (χ0n) is 17.5. The Labute approximate surface area is 169 Å². The Bertz CT molecular complexity index is 964. The fraction of sp³-hybridized carbons (Fsp3) is 0.435. The number of hydrogen-bond acceptors (Lipinski definition) is 2. The lowest BCUT2D eigenvalue weighted by Crippen LogP contribution is -2.33. The first-order valence-corrected chi connectivity index (χ1v) is 9.78. The molecule has 3 nitrogen and oxygen atoms in total. The van der Waals surface area contributed by atoms with Crippen molar-refractivity contribution >= 4 is 17.3 Å². The predicted molar refractivity (Wildman–Crippen MR) is 110 cm³/mol. The molecule has 6 heteroatoms. The van der Waals surface area contributed by atoms with E-state index in [-0.39, 0.29) is 29.4 Å². The largest absolute Gasteiger partial charge is 0.364 e. The number of benzene rings is 2. The molecule has 0 radical (unpaired) electrons. The number of fused-ring (bicyclic) bond motifs is 1. The molecule has 29 heavy (non-hydrogen) atoms. The van der Waals surface area contributed by atoms with Gasteiger partial charge < -0.3 is 10.2 Å². The molecule has 2 aromatic carbocycles. The molecule has 1 amide bonds. The summed E-state index contributed by atoms with van der Waals surface area (Å²) in [4.78, 5) is 14.1. The van der Waals surface area contributed by atoms with Gasteiger partial charge in [-0.1, -0.05) is 20.8 Å². The molecule has 0 saturated carbocycles. The van der Waals surface area contributed by atoms with E-state index in [0.29, 0.717) is 36.2 Å². The second-order valence-electron chi connectivity index (χ2n) is 8.95. The zero-order valence-corrected chi connectivity index (χ0v) is 17.5. The SMILES string of the molecule is Cc1c(F)c2c(c(C)c1NC(=O)CC(C)(C)C)CCN(c1ccc(F)cc1F)C2. The third-order valence-electron chi connectivity index (χ3n) is 5.35. The molecule has 0 atom stereocenters. The van der Waals surface area contributed by atoms with Gasteiger partial charge in [0.2, 0.25) is 5.91 Å². The second-order valence-corrected chi connectivity index (χ2v) is 8.95. The first-order valence-electron chi connectivity index (χ1n) is 9.78. The van der Waals surface area contributed by atoms with Gasteiger partial charge in [0.05, 0.1) is 5.69 Å². The maximum Gasteiger partial charge on any atom is 0.224 e. The van der Waals surface area contributed by atoms with Crippen LogP contribution in [0, 0.1) is 36.7 Å². The van der Waals surface area contributed by atoms with Crippen LogP contribution in [0.2, 0.25) is 0 Å². The van der Waals surface area contributed by atoms with Gasteiger partial charge >= 0.3 is 0 Å². The third kappa shape index (κ3) is 4.41. The van der Waals surface area contributed by atoms with Crippen LogP contribution < -0.4 is 10.2 Å². The highest BCUT2D eigenvalue weighted by Crippen LogP contribution is 2.36. The topological polar surface area (TPSA) is 32.3 Å². The Morgan fingerprint density at radius 2 is 1.79 bits per heavy atom. The van der Waals surface area contributed by atoms with Gasteiger partial charge in [-0.15, -0.1) is 0 Å². The van der Waals surface area contributed by atoms with E-state index in [1.54, 1.807) is 11.8 Å². The number of carbonyl (C=O) groups excluding carboxylic acids is 1. The average molecular weight is 404 g/mol. The summed E-state index contributed by atoms with van der Waals surface area (Å²) in [5, 5.41) is 2.89. The molecular formula is C23H27F3N2O. The summed E-state index contributed by atoms with van der Waals surface area (Å²) in [6.45, 7) is 10.1. The monoisotopic (exact) mass is 404 g/mol. The van der Waals surface area contributed by atoms with E-state index in [4.69, 9.17) is 0 Å². The van der Waals surface area contributed by atoms with Crippen molar-refractivity contribution in [1.82, 2.24) is 0 Å². The fourth-order valence-corrected chi connectivity index (χ4v) is 3.94. The van der Waals surface area contributed by atoms with E-state index >= 15 is 4.39 Å². The summed E-state index contributed by atoms with van der Waals surface area (Å²) in [5.41, 5.74) is 3.19. The van der Waals surface area contributed by atoms with Crippen molar-refractivity contribution in [2.45, 2.75) is 54.0 Å². The Kier molecular flexibility index (Phi) is 5.65. The summed E-state index contributed by atoms with van der Waals surface area (Å²) >= 11 is 0. The smallest absolute Gasteiger partial charge is 0.224 e. The van der Waals surface area contributed by atoms with Crippen molar-refractivity contribution in [1.29, 1.82) is 0 Å². The van der Waals surface area contributed by atoms with Crippen molar-refractivity contribution in [3.8, 4) is 0 Å². The van der Waals surface area contributed by atoms with Gasteiger partial charge in [0.25, 0.3) is 0 Å². The van der Waals surface area contributed by atoms with Crippen LogP contribution in [-0.4, -0.2) is 12.5 Å². The normalized spacial score (nSPS) is 14.0. The highest BCUT2D eigenvalue weighted by Gasteiger charge is 2.27. The van der Waals surface area contributed by atoms with Gasteiger partial charge in [0.1, 0.15) is 17.5 Å². The Morgan fingerprint density at radius 3 is 2.41 bits per heavy atom. The minimum Gasteiger partial charge on any atom is -0.364 e. The third-order valence-corrected chi connectivity index (χ3v) is 5.35. The summed E-state index contributed by atoms with van der Waals surface area (Å²) in [7, 11) is 0. The molecule has 1 heterocycles. The van der Waals surface area contributed by atoms with Crippen LogP contribution >= 0.6 is 0 Å². The highest BCUT2D eigenvalue weighted by atomic mass is 19.1. The highest BCUT2D eigenvalue weighted by molar-refractivity contribution is 5.93. The number of amides is 1. The number of nitrogens with zero attached hydrogens (tertiary/aromatic N) is 1. The van der Waals surface area contributed by atoms with E-state index in [9.17, 15) is 13.6 Å². The van der Waals surface area contributed by atoms with Crippen molar-refractivity contribution < 1.29 is 18.0 Å². The van der Waals surface area contributed by atoms with Gasteiger partial charge in [-0.25, -0.2) is 13.2 Å². The van der Waals surface area contributed by atoms with Crippen LogP contribution in [0.15, 0.2) is 18.2 Å². The van der Waals surface area contributed by atoms with Crippen molar-refractivity contribution in [2.75, 3.05) is 16.8 Å². The number of rotatable bonds is 3. The minimum atomic E-state index is -0.659. The molecule has 0 spiro atoms. The molecule has 1 aliphatic heterocycles. The van der Waals surface area contributed by atoms with Gasteiger partial charge in [-0.05, 0) is 48.9 Å². The van der Waals surface area contributed by atoms with Gasteiger partial charge in [0.15, 0.2) is 0 Å². The van der Waals surface area contributed by atoms with Crippen LogP contribution in [0.5, 0.6) is 0 Å². The van der Waals surface area contributed by atoms with E-state index in [1.807, 2.05) is 27.7 Å². The lowest BCUT2D eigenvalue weighted by molar-refractivity contribution is -0.117. The summed E-state index contributed by atoms with van der Waals surface area (Å²) in [6.07, 6.45) is 0.847. The second kappa shape index (κ2) is 7.73. The maximum absolute atomic E-state index is 15.2. The number of carbonyl (C=O) groups is 1. The van der Waals surface area contributed by atoms with Crippen molar-refractivity contribution in [3.05, 3.63) is 57.9 Å². The van der Waals surface area contributed by atoms with Crippen LogP contribution in [0.4, 0.5) is 24.5 Å². The van der Waals surface area contributed by atoms with Crippen LogP contribution in [0.25, 0.3) is 0 Å². The van der Waals surface area contributed by atoms with Crippen LogP contribution in [0.1, 0.15) is 49.4 Å². The Balaban J connectivity index is 1.93. The maximum atomic E-state index is 15.2. The van der Waals surface area contributed by atoms with Gasteiger partial charge in [-0.2, -0.15) is 0 Å². The Morgan fingerprint density at radius 1 is 1.10 bits per heavy atom. The lowest BCUT2D eigenvalue weighted by Gasteiger charge is -2.33. The molecule has 0 unspecified atom stereocenters. The summed E-state index contributed by atoms with van der Waals surface area (Å²) in [5.74, 6) is -1.83. The average Bonchev–Trinajstić information content (AvgIpc) is 2.61. The molecule has 1 N–H and O–H groups in total. The Hall–Kier alpha value is -2.50. The first-order chi connectivity index (χ1) is 13.5. The van der Waals surface area contributed by atoms with E-state index in [1.165, 1.54) is 12.1 Å². The van der Waals surface area contributed by atoms with E-state index < -0.39 is 11.6 Å². The summed E-state index contributed by atoms with van der Waals surface area (Å²) in [6, 6.07) is 3.43. The lowest BCUT2D eigenvalue weighted by atomic mass is 9.89. The first kappa shape index (κ1) is 21.2. The molecule has 156 valence electrons. The molecule has 3 rings (SSSR count). The molecular weight excluding hydrogens is 377 g/mol.